The second-order valence-electron chi connectivity index (χ2n) is 3.40. The molecule has 3 nitrogen and oxygen atoms in total. The second-order valence-corrected chi connectivity index (χ2v) is 3.40. The van der Waals surface area contributed by atoms with Gasteiger partial charge in [0.15, 0.2) is 5.90 Å². The minimum absolute atomic E-state index is 0.345. The van der Waals surface area contributed by atoms with E-state index in [1.54, 1.807) is 0 Å². The standard InChI is InChI=1S/C12H18N2O/c1-3-15-12(13)7-8-14-11-6-4-5-10(2)9-11/h4-6,9,13-14H,3,7-8H2,1-2H3. The molecule has 0 saturated carbocycles. The van der Waals surface area contributed by atoms with Crippen molar-refractivity contribution in [2.24, 2.45) is 0 Å². The van der Waals surface area contributed by atoms with Crippen molar-refractivity contribution in [2.75, 3.05) is 18.5 Å². The maximum absolute atomic E-state index is 7.43. The molecule has 0 bridgehead atoms. The number of hydrogen-bond acceptors (Lipinski definition) is 3. The first-order chi connectivity index (χ1) is 7.22. The molecule has 1 aromatic carbocycles. The summed E-state index contributed by atoms with van der Waals surface area (Å²) in [4.78, 5) is 0. The van der Waals surface area contributed by atoms with E-state index in [0.29, 0.717) is 18.9 Å². The van der Waals surface area contributed by atoms with E-state index in [1.807, 2.05) is 19.1 Å². The highest BCUT2D eigenvalue weighted by Crippen LogP contribution is 2.09. The van der Waals surface area contributed by atoms with Crippen LogP contribution in [0.4, 0.5) is 5.69 Å². The first-order valence-electron chi connectivity index (χ1n) is 5.23. The third-order valence-corrected chi connectivity index (χ3v) is 2.02. The van der Waals surface area contributed by atoms with Gasteiger partial charge in [-0.2, -0.15) is 0 Å². The third-order valence-electron chi connectivity index (χ3n) is 2.02. The average molecular weight is 206 g/mol. The van der Waals surface area contributed by atoms with Crippen LogP contribution in [0.25, 0.3) is 0 Å². The van der Waals surface area contributed by atoms with Crippen LogP contribution in [0, 0.1) is 12.3 Å². The van der Waals surface area contributed by atoms with Crippen molar-refractivity contribution in [3.63, 3.8) is 0 Å². The molecule has 82 valence electrons. The molecule has 0 spiro atoms. The van der Waals surface area contributed by atoms with E-state index in [1.165, 1.54) is 5.56 Å². The first-order valence-corrected chi connectivity index (χ1v) is 5.23. The Morgan fingerprint density at radius 1 is 1.47 bits per heavy atom. The van der Waals surface area contributed by atoms with Crippen LogP contribution in [0.15, 0.2) is 24.3 Å². The fourth-order valence-corrected chi connectivity index (χ4v) is 1.32. The summed E-state index contributed by atoms with van der Waals surface area (Å²) in [5.41, 5.74) is 2.33. The van der Waals surface area contributed by atoms with Crippen molar-refractivity contribution in [3.8, 4) is 0 Å². The lowest BCUT2D eigenvalue weighted by molar-refractivity contribution is 0.315. The van der Waals surface area contributed by atoms with Gasteiger partial charge in [0.05, 0.1) is 6.61 Å². The van der Waals surface area contributed by atoms with Crippen LogP contribution in [-0.2, 0) is 4.74 Å². The molecule has 1 rings (SSSR count). The van der Waals surface area contributed by atoms with Crippen LogP contribution in [0.3, 0.4) is 0 Å². The summed E-state index contributed by atoms with van der Waals surface area (Å²) in [6.07, 6.45) is 0.627. The van der Waals surface area contributed by atoms with E-state index in [9.17, 15) is 0 Å². The van der Waals surface area contributed by atoms with Crippen LogP contribution < -0.4 is 5.32 Å². The van der Waals surface area contributed by atoms with Gasteiger partial charge < -0.3 is 10.1 Å². The van der Waals surface area contributed by atoms with Gasteiger partial charge in [-0.05, 0) is 31.5 Å². The quantitative estimate of drug-likeness (QED) is 0.574. The molecular formula is C12H18N2O. The molecule has 0 atom stereocenters. The van der Waals surface area contributed by atoms with E-state index in [4.69, 9.17) is 10.1 Å². The molecule has 1 aromatic rings. The molecular weight excluding hydrogens is 188 g/mol. The maximum Gasteiger partial charge on any atom is 0.182 e. The number of aryl methyl sites for hydroxylation is 1. The van der Waals surface area contributed by atoms with E-state index >= 15 is 0 Å². The highest BCUT2D eigenvalue weighted by atomic mass is 16.5. The molecule has 3 heteroatoms. The van der Waals surface area contributed by atoms with Gasteiger partial charge in [0.25, 0.3) is 0 Å². The molecule has 0 aliphatic carbocycles. The van der Waals surface area contributed by atoms with Crippen LogP contribution in [0.2, 0.25) is 0 Å². The Hall–Kier alpha value is -1.51. The lowest BCUT2D eigenvalue weighted by Gasteiger charge is -2.08. The molecule has 0 aromatic heterocycles. The molecule has 0 aliphatic heterocycles. The molecule has 0 aliphatic rings. The second kappa shape index (κ2) is 6.06. The Bertz CT molecular complexity index is 323. The van der Waals surface area contributed by atoms with Crippen LogP contribution >= 0.6 is 0 Å². The van der Waals surface area contributed by atoms with Gasteiger partial charge in [0, 0.05) is 18.7 Å². The minimum atomic E-state index is 0.345. The Kier molecular flexibility index (Phi) is 4.68. The minimum Gasteiger partial charge on any atom is -0.481 e. The van der Waals surface area contributed by atoms with E-state index in [-0.39, 0.29) is 0 Å². The van der Waals surface area contributed by atoms with Crippen LogP contribution in [-0.4, -0.2) is 19.0 Å². The smallest absolute Gasteiger partial charge is 0.182 e. The van der Waals surface area contributed by atoms with Gasteiger partial charge in [0.1, 0.15) is 0 Å². The number of benzene rings is 1. The zero-order valence-corrected chi connectivity index (χ0v) is 9.34. The summed E-state index contributed by atoms with van der Waals surface area (Å²) in [6, 6.07) is 8.19. The monoisotopic (exact) mass is 206 g/mol. The summed E-state index contributed by atoms with van der Waals surface area (Å²) < 4.78 is 5.05. The summed E-state index contributed by atoms with van der Waals surface area (Å²) in [6.45, 7) is 5.27. The van der Waals surface area contributed by atoms with Gasteiger partial charge in [-0.25, -0.2) is 0 Å². The molecule has 0 radical (unpaired) electrons. The average Bonchev–Trinajstić information content (AvgIpc) is 2.18. The Morgan fingerprint density at radius 3 is 2.93 bits per heavy atom. The van der Waals surface area contributed by atoms with Crippen molar-refractivity contribution in [2.45, 2.75) is 20.3 Å². The molecule has 0 heterocycles. The predicted molar refractivity (Wildman–Crippen MR) is 63.6 cm³/mol. The SMILES string of the molecule is CCOC(=N)CCNc1cccc(C)c1. The third kappa shape index (κ3) is 4.49. The van der Waals surface area contributed by atoms with Gasteiger partial charge >= 0.3 is 0 Å². The molecule has 0 unspecified atom stereocenters. The highest BCUT2D eigenvalue weighted by molar-refractivity contribution is 5.73. The number of nitrogens with one attached hydrogen (secondary N) is 2. The van der Waals surface area contributed by atoms with Crippen molar-refractivity contribution in [1.82, 2.24) is 0 Å². The number of hydrogen-bond donors (Lipinski definition) is 2. The van der Waals surface area contributed by atoms with Gasteiger partial charge in [-0.3, -0.25) is 5.41 Å². The van der Waals surface area contributed by atoms with Crippen molar-refractivity contribution < 1.29 is 4.74 Å². The highest BCUT2D eigenvalue weighted by Gasteiger charge is 1.96. The normalized spacial score (nSPS) is 9.73. The Labute approximate surface area is 91.0 Å². The number of anilines is 1. The summed E-state index contributed by atoms with van der Waals surface area (Å²) in [5, 5.41) is 10.7. The molecule has 0 fully saturated rings. The summed E-state index contributed by atoms with van der Waals surface area (Å²) in [5.74, 6) is 0.345. The first kappa shape index (κ1) is 11.6. The molecule has 15 heavy (non-hydrogen) atoms. The zero-order chi connectivity index (χ0) is 11.1. The van der Waals surface area contributed by atoms with Crippen LogP contribution in [0.1, 0.15) is 18.9 Å². The molecule has 0 saturated heterocycles. The van der Waals surface area contributed by atoms with E-state index in [2.05, 4.69) is 24.4 Å². The lowest BCUT2D eigenvalue weighted by Crippen LogP contribution is -2.10. The largest absolute Gasteiger partial charge is 0.481 e. The van der Waals surface area contributed by atoms with Crippen molar-refractivity contribution >= 4 is 11.6 Å². The van der Waals surface area contributed by atoms with Gasteiger partial charge in [-0.1, -0.05) is 12.1 Å². The van der Waals surface area contributed by atoms with Gasteiger partial charge in [0.2, 0.25) is 0 Å². The van der Waals surface area contributed by atoms with Crippen LogP contribution in [0.5, 0.6) is 0 Å². The molecule has 0 amide bonds. The summed E-state index contributed by atoms with van der Waals surface area (Å²) >= 11 is 0. The summed E-state index contributed by atoms with van der Waals surface area (Å²) in [7, 11) is 0. The molecule has 2 N–H and O–H groups in total. The van der Waals surface area contributed by atoms with E-state index < -0.39 is 0 Å². The maximum atomic E-state index is 7.43. The van der Waals surface area contributed by atoms with Crippen molar-refractivity contribution in [3.05, 3.63) is 29.8 Å². The zero-order valence-electron chi connectivity index (χ0n) is 9.34. The predicted octanol–water partition coefficient (Wildman–Crippen LogP) is 2.81. The Morgan fingerprint density at radius 2 is 2.27 bits per heavy atom. The lowest BCUT2D eigenvalue weighted by atomic mass is 10.2. The number of ether oxygens (including phenoxy) is 1. The fourth-order valence-electron chi connectivity index (χ4n) is 1.32. The topological polar surface area (TPSA) is 45.1 Å². The fraction of sp³-hybridized carbons (Fsp3) is 0.417. The van der Waals surface area contributed by atoms with Crippen molar-refractivity contribution in [1.29, 1.82) is 5.41 Å². The number of rotatable bonds is 5. The Balaban J connectivity index is 2.28. The van der Waals surface area contributed by atoms with E-state index in [0.717, 1.165) is 12.2 Å². The van der Waals surface area contributed by atoms with Gasteiger partial charge in [-0.15, -0.1) is 0 Å².